The zero-order valence-corrected chi connectivity index (χ0v) is 11.7. The summed E-state index contributed by atoms with van der Waals surface area (Å²) in [6.07, 6.45) is -0.367. The highest BCUT2D eigenvalue weighted by Crippen LogP contribution is 2.07. The minimum atomic E-state index is -0.445. The lowest BCUT2D eigenvalue weighted by atomic mass is 10.2. The molecule has 0 heterocycles. The molecule has 0 aliphatic carbocycles. The highest BCUT2D eigenvalue weighted by atomic mass is 79.9. The normalized spacial score (nSPS) is 13.8. The Hall–Kier alpha value is -0.290. The molecule has 1 unspecified atom stereocenters. The molecule has 1 amide bonds. The lowest BCUT2D eigenvalue weighted by Gasteiger charge is -2.24. The lowest BCUT2D eigenvalue weighted by molar-refractivity contribution is 0.0503. The predicted octanol–water partition coefficient (Wildman–Crippen LogP) is 1.84. The Morgan fingerprint density at radius 1 is 1.47 bits per heavy atom. The van der Waals surface area contributed by atoms with Crippen molar-refractivity contribution in [1.29, 1.82) is 0 Å². The molecule has 0 saturated carbocycles. The number of hydrogen-bond acceptors (Lipinski definition) is 3. The minimum absolute atomic E-state index is 0.0647. The molecule has 0 spiro atoms. The van der Waals surface area contributed by atoms with E-state index < -0.39 is 5.60 Å². The Labute approximate surface area is 100 Å². The van der Waals surface area contributed by atoms with Crippen LogP contribution in [0.1, 0.15) is 20.8 Å². The summed E-state index contributed by atoms with van der Waals surface area (Å²) in [4.78, 5) is 13.5. The zero-order chi connectivity index (χ0) is 12.1. The molecule has 90 valence electrons. The molecular formula is C10H21BrN2O2. The van der Waals surface area contributed by atoms with Gasteiger partial charge in [-0.2, -0.15) is 0 Å². The number of carbonyl (C=O) groups excluding carboxylic acids is 1. The highest BCUT2D eigenvalue weighted by Gasteiger charge is 2.19. The number of rotatable bonds is 4. The Morgan fingerprint density at radius 2 is 2.00 bits per heavy atom. The van der Waals surface area contributed by atoms with E-state index in [1.807, 2.05) is 39.8 Å². The quantitative estimate of drug-likeness (QED) is 0.799. The van der Waals surface area contributed by atoms with Crippen LogP contribution in [0.4, 0.5) is 4.79 Å². The van der Waals surface area contributed by atoms with Crippen LogP contribution in [-0.2, 0) is 4.74 Å². The number of carbonyl (C=O) groups is 1. The monoisotopic (exact) mass is 280 g/mol. The molecular weight excluding hydrogens is 260 g/mol. The van der Waals surface area contributed by atoms with Crippen LogP contribution >= 0.6 is 15.9 Å². The zero-order valence-electron chi connectivity index (χ0n) is 10.1. The van der Waals surface area contributed by atoms with Crippen LogP contribution in [0.25, 0.3) is 0 Å². The second-order valence-corrected chi connectivity index (χ2v) is 5.41. The summed E-state index contributed by atoms with van der Waals surface area (Å²) in [6, 6.07) is 0.0647. The number of alkyl halides is 1. The molecule has 0 saturated heterocycles. The van der Waals surface area contributed by atoms with Crippen LogP contribution in [0.2, 0.25) is 0 Å². The standard InChI is InChI=1S/C10H21BrN2O2/c1-10(2,3)15-9(14)12-8(6-11)7-13(4)5/h8H,6-7H2,1-5H3,(H,12,14). The van der Waals surface area contributed by atoms with Crippen LogP contribution < -0.4 is 5.32 Å². The SMILES string of the molecule is CN(C)CC(CBr)NC(=O)OC(C)(C)C. The smallest absolute Gasteiger partial charge is 0.407 e. The summed E-state index contributed by atoms with van der Waals surface area (Å²) < 4.78 is 5.16. The largest absolute Gasteiger partial charge is 0.444 e. The van der Waals surface area contributed by atoms with Crippen molar-refractivity contribution in [2.24, 2.45) is 0 Å². The number of alkyl carbamates (subject to hydrolysis) is 1. The number of amides is 1. The second kappa shape index (κ2) is 6.33. The van der Waals surface area contributed by atoms with E-state index in [1.165, 1.54) is 0 Å². The average molecular weight is 281 g/mol. The van der Waals surface area contributed by atoms with Crippen molar-refractivity contribution in [2.45, 2.75) is 32.4 Å². The molecule has 0 radical (unpaired) electrons. The number of hydrogen-bond donors (Lipinski definition) is 1. The van der Waals surface area contributed by atoms with Gasteiger partial charge in [0.15, 0.2) is 0 Å². The van der Waals surface area contributed by atoms with Gasteiger partial charge in [0.25, 0.3) is 0 Å². The first kappa shape index (κ1) is 14.7. The number of halogens is 1. The van der Waals surface area contributed by atoms with Gasteiger partial charge < -0.3 is 15.0 Å². The first-order chi connectivity index (χ1) is 6.74. The van der Waals surface area contributed by atoms with Crippen molar-refractivity contribution in [3.05, 3.63) is 0 Å². The maximum Gasteiger partial charge on any atom is 0.407 e. The van der Waals surface area contributed by atoms with Crippen molar-refractivity contribution in [1.82, 2.24) is 10.2 Å². The van der Waals surface area contributed by atoms with Crippen molar-refractivity contribution in [3.63, 3.8) is 0 Å². The molecule has 15 heavy (non-hydrogen) atoms. The van der Waals surface area contributed by atoms with Gasteiger partial charge >= 0.3 is 6.09 Å². The number of likely N-dealkylation sites (N-methyl/N-ethyl adjacent to an activating group) is 1. The average Bonchev–Trinajstić information content (AvgIpc) is 1.98. The molecule has 0 aliphatic rings. The summed E-state index contributed by atoms with van der Waals surface area (Å²) in [5, 5.41) is 3.52. The van der Waals surface area contributed by atoms with Gasteiger partial charge in [-0.3, -0.25) is 0 Å². The summed E-state index contributed by atoms with van der Waals surface area (Å²) in [5.74, 6) is 0. The van der Waals surface area contributed by atoms with E-state index in [9.17, 15) is 4.79 Å². The second-order valence-electron chi connectivity index (χ2n) is 4.76. The molecule has 1 N–H and O–H groups in total. The van der Waals surface area contributed by atoms with E-state index in [0.717, 1.165) is 6.54 Å². The number of nitrogens with one attached hydrogen (secondary N) is 1. The van der Waals surface area contributed by atoms with Gasteiger partial charge in [-0.15, -0.1) is 0 Å². The maximum absolute atomic E-state index is 11.4. The fourth-order valence-corrected chi connectivity index (χ4v) is 1.41. The summed E-state index contributed by atoms with van der Waals surface area (Å²) in [7, 11) is 3.93. The van der Waals surface area contributed by atoms with Gasteiger partial charge in [0.05, 0.1) is 6.04 Å². The number of ether oxygens (including phenoxy) is 1. The molecule has 0 aromatic heterocycles. The van der Waals surface area contributed by atoms with Crippen molar-refractivity contribution >= 4 is 22.0 Å². The molecule has 0 aliphatic heterocycles. The van der Waals surface area contributed by atoms with Crippen molar-refractivity contribution in [2.75, 3.05) is 26.0 Å². The van der Waals surface area contributed by atoms with Crippen LogP contribution in [0.15, 0.2) is 0 Å². The third kappa shape index (κ3) is 8.69. The van der Waals surface area contributed by atoms with E-state index in [2.05, 4.69) is 21.2 Å². The first-order valence-electron chi connectivity index (χ1n) is 4.95. The summed E-state index contributed by atoms with van der Waals surface area (Å²) >= 11 is 3.36. The minimum Gasteiger partial charge on any atom is -0.444 e. The highest BCUT2D eigenvalue weighted by molar-refractivity contribution is 9.09. The van der Waals surface area contributed by atoms with Crippen molar-refractivity contribution < 1.29 is 9.53 Å². The maximum atomic E-state index is 11.4. The van der Waals surface area contributed by atoms with Crippen LogP contribution in [-0.4, -0.2) is 48.6 Å². The van der Waals surface area contributed by atoms with Crippen LogP contribution in [0.3, 0.4) is 0 Å². The van der Waals surface area contributed by atoms with E-state index in [-0.39, 0.29) is 12.1 Å². The molecule has 1 atom stereocenters. The Kier molecular flexibility index (Phi) is 6.20. The van der Waals surface area contributed by atoms with Gasteiger partial charge in [0, 0.05) is 11.9 Å². The summed E-state index contributed by atoms with van der Waals surface area (Å²) in [6.45, 7) is 6.33. The fourth-order valence-electron chi connectivity index (χ4n) is 1.05. The van der Waals surface area contributed by atoms with Gasteiger partial charge in [-0.1, -0.05) is 15.9 Å². The Morgan fingerprint density at radius 3 is 2.33 bits per heavy atom. The molecule has 0 rings (SSSR count). The van der Waals surface area contributed by atoms with Gasteiger partial charge in [-0.25, -0.2) is 4.79 Å². The van der Waals surface area contributed by atoms with Gasteiger partial charge in [-0.05, 0) is 34.9 Å². The Balaban J connectivity index is 4.02. The first-order valence-corrected chi connectivity index (χ1v) is 6.07. The molecule has 4 nitrogen and oxygen atoms in total. The van der Waals surface area contributed by atoms with E-state index in [0.29, 0.717) is 5.33 Å². The van der Waals surface area contributed by atoms with E-state index in [4.69, 9.17) is 4.74 Å². The molecule has 0 aromatic carbocycles. The predicted molar refractivity (Wildman–Crippen MR) is 65.5 cm³/mol. The van der Waals surface area contributed by atoms with Crippen LogP contribution in [0.5, 0.6) is 0 Å². The third-order valence-corrected chi connectivity index (χ3v) is 2.27. The molecule has 0 fully saturated rings. The Bertz CT molecular complexity index is 202. The topological polar surface area (TPSA) is 41.6 Å². The molecule has 5 heteroatoms. The van der Waals surface area contributed by atoms with Crippen molar-refractivity contribution in [3.8, 4) is 0 Å². The van der Waals surface area contributed by atoms with E-state index >= 15 is 0 Å². The fraction of sp³-hybridized carbons (Fsp3) is 0.900. The summed E-state index contributed by atoms with van der Waals surface area (Å²) in [5.41, 5.74) is -0.445. The number of nitrogens with zero attached hydrogens (tertiary/aromatic N) is 1. The third-order valence-electron chi connectivity index (χ3n) is 1.49. The lowest BCUT2D eigenvalue weighted by Crippen LogP contribution is -2.44. The van der Waals surface area contributed by atoms with Crippen LogP contribution in [0, 0.1) is 0 Å². The molecule has 0 aromatic rings. The van der Waals surface area contributed by atoms with Gasteiger partial charge in [0.1, 0.15) is 5.60 Å². The van der Waals surface area contributed by atoms with Gasteiger partial charge in [0.2, 0.25) is 0 Å². The molecule has 0 bridgehead atoms. The van der Waals surface area contributed by atoms with E-state index in [1.54, 1.807) is 0 Å².